The van der Waals surface area contributed by atoms with Gasteiger partial charge in [0.1, 0.15) is 0 Å². The van der Waals surface area contributed by atoms with Gasteiger partial charge in [-0.2, -0.15) is 5.06 Å². The number of rotatable bonds is 3. The first-order valence-electron chi connectivity index (χ1n) is 3.21. The second kappa shape index (κ2) is 4.21. The van der Waals surface area contributed by atoms with Crippen LogP contribution in [0.25, 0.3) is 0 Å². The Bertz CT molecular complexity index is 226. The molecule has 0 bridgehead atoms. The molecular formula is C7H10BrNOS. The van der Waals surface area contributed by atoms with Crippen LogP contribution >= 0.6 is 27.3 Å². The van der Waals surface area contributed by atoms with Gasteiger partial charge in [0.25, 0.3) is 0 Å². The third-order valence-corrected chi connectivity index (χ3v) is 3.28. The summed E-state index contributed by atoms with van der Waals surface area (Å²) in [6.07, 6.45) is 0. The highest BCUT2D eigenvalue weighted by Gasteiger charge is 2.03. The lowest BCUT2D eigenvalue weighted by Gasteiger charge is -2.11. The van der Waals surface area contributed by atoms with Crippen LogP contribution in [0.3, 0.4) is 0 Å². The smallest absolute Gasteiger partial charge is 0.0593 e. The minimum Gasteiger partial charge on any atom is -0.302 e. The van der Waals surface area contributed by atoms with Crippen molar-refractivity contribution in [3.8, 4) is 0 Å². The van der Waals surface area contributed by atoms with Gasteiger partial charge in [0, 0.05) is 16.4 Å². The molecule has 0 radical (unpaired) electrons. The Kier molecular flexibility index (Phi) is 3.51. The number of hydroxylamine groups is 2. The molecule has 0 aliphatic carbocycles. The molecule has 0 saturated heterocycles. The zero-order valence-electron chi connectivity index (χ0n) is 6.50. The molecule has 0 aromatic carbocycles. The number of hydrogen-bond donors (Lipinski definition) is 0. The van der Waals surface area contributed by atoms with E-state index in [1.54, 1.807) is 23.5 Å². The van der Waals surface area contributed by atoms with Crippen molar-refractivity contribution in [3.63, 3.8) is 0 Å². The zero-order chi connectivity index (χ0) is 8.27. The highest BCUT2D eigenvalue weighted by Crippen LogP contribution is 2.23. The first-order chi connectivity index (χ1) is 5.24. The molecule has 2 nitrogen and oxygen atoms in total. The van der Waals surface area contributed by atoms with Gasteiger partial charge in [0.2, 0.25) is 0 Å². The van der Waals surface area contributed by atoms with Crippen molar-refractivity contribution in [3.05, 3.63) is 20.8 Å². The lowest BCUT2D eigenvalue weighted by atomic mass is 10.5. The van der Waals surface area contributed by atoms with E-state index < -0.39 is 0 Å². The molecule has 62 valence electrons. The fraction of sp³-hybridized carbons (Fsp3) is 0.429. The van der Waals surface area contributed by atoms with E-state index in [1.165, 1.54) is 4.88 Å². The predicted molar refractivity (Wildman–Crippen MR) is 50.5 cm³/mol. The van der Waals surface area contributed by atoms with Crippen molar-refractivity contribution >= 4 is 27.3 Å². The Hall–Kier alpha value is 0.100. The van der Waals surface area contributed by atoms with E-state index in [4.69, 9.17) is 4.84 Å². The van der Waals surface area contributed by atoms with Gasteiger partial charge in [-0.25, -0.2) is 0 Å². The standard InChI is InChI=1S/C7H10BrNOS/c1-9(10-2)5-7-6(8)3-4-11-7/h3-4H,5H2,1-2H3. The van der Waals surface area contributed by atoms with Crippen molar-refractivity contribution in [2.24, 2.45) is 0 Å². The average molecular weight is 236 g/mol. The van der Waals surface area contributed by atoms with E-state index in [0.717, 1.165) is 11.0 Å². The molecule has 11 heavy (non-hydrogen) atoms. The largest absolute Gasteiger partial charge is 0.302 e. The van der Waals surface area contributed by atoms with Crippen LogP contribution in [-0.4, -0.2) is 19.2 Å². The number of thiophene rings is 1. The zero-order valence-corrected chi connectivity index (χ0v) is 8.91. The molecule has 0 atom stereocenters. The van der Waals surface area contributed by atoms with Gasteiger partial charge in [-0.05, 0) is 27.4 Å². The summed E-state index contributed by atoms with van der Waals surface area (Å²) in [5, 5.41) is 3.85. The second-order valence-corrected chi connectivity index (χ2v) is 4.02. The maximum Gasteiger partial charge on any atom is 0.0593 e. The molecule has 1 aromatic heterocycles. The van der Waals surface area contributed by atoms with Gasteiger partial charge in [-0.3, -0.25) is 0 Å². The summed E-state index contributed by atoms with van der Waals surface area (Å²) in [5.74, 6) is 0. The van der Waals surface area contributed by atoms with Crippen molar-refractivity contribution in [2.75, 3.05) is 14.2 Å². The highest BCUT2D eigenvalue weighted by atomic mass is 79.9. The molecule has 0 fully saturated rings. The number of halogens is 1. The Labute approximate surface area is 78.9 Å². The molecule has 4 heteroatoms. The average Bonchev–Trinajstić information content (AvgIpc) is 2.37. The summed E-state index contributed by atoms with van der Waals surface area (Å²) < 4.78 is 1.16. The minimum atomic E-state index is 0.828. The van der Waals surface area contributed by atoms with Crippen molar-refractivity contribution in [1.29, 1.82) is 0 Å². The molecule has 0 unspecified atom stereocenters. The molecular weight excluding hydrogens is 226 g/mol. The Morgan fingerprint density at radius 3 is 2.91 bits per heavy atom. The summed E-state index contributed by atoms with van der Waals surface area (Å²) in [4.78, 5) is 6.28. The van der Waals surface area contributed by atoms with E-state index in [-0.39, 0.29) is 0 Å². The van der Waals surface area contributed by atoms with Crippen LogP contribution in [0, 0.1) is 0 Å². The molecule has 0 saturated carbocycles. The SMILES string of the molecule is CON(C)Cc1sccc1Br. The first kappa shape index (κ1) is 9.19. The molecule has 0 N–H and O–H groups in total. The summed E-state index contributed by atoms with van der Waals surface area (Å²) in [5.41, 5.74) is 0. The van der Waals surface area contributed by atoms with Crippen molar-refractivity contribution < 1.29 is 4.84 Å². The fourth-order valence-corrected chi connectivity index (χ4v) is 2.22. The Morgan fingerprint density at radius 2 is 2.45 bits per heavy atom. The quantitative estimate of drug-likeness (QED) is 0.747. The monoisotopic (exact) mass is 235 g/mol. The topological polar surface area (TPSA) is 12.5 Å². The number of nitrogens with zero attached hydrogens (tertiary/aromatic N) is 1. The number of hydrogen-bond acceptors (Lipinski definition) is 3. The third-order valence-electron chi connectivity index (χ3n) is 1.37. The van der Waals surface area contributed by atoms with Crippen LogP contribution in [0.5, 0.6) is 0 Å². The molecule has 0 spiro atoms. The molecule has 0 aliphatic rings. The van der Waals surface area contributed by atoms with E-state index in [9.17, 15) is 0 Å². The van der Waals surface area contributed by atoms with Gasteiger partial charge in [0.15, 0.2) is 0 Å². The second-order valence-electron chi connectivity index (χ2n) is 2.16. The van der Waals surface area contributed by atoms with Gasteiger partial charge in [0.05, 0.1) is 13.7 Å². The summed E-state index contributed by atoms with van der Waals surface area (Å²) in [6.45, 7) is 0.828. The van der Waals surface area contributed by atoms with E-state index in [1.807, 2.05) is 13.1 Å². The maximum absolute atomic E-state index is 5.00. The van der Waals surface area contributed by atoms with Crippen LogP contribution in [0.4, 0.5) is 0 Å². The Morgan fingerprint density at radius 1 is 1.73 bits per heavy atom. The van der Waals surface area contributed by atoms with Crippen LogP contribution in [-0.2, 0) is 11.4 Å². The van der Waals surface area contributed by atoms with Crippen molar-refractivity contribution in [2.45, 2.75) is 6.54 Å². The van der Waals surface area contributed by atoms with Crippen molar-refractivity contribution in [1.82, 2.24) is 5.06 Å². The summed E-state index contributed by atoms with van der Waals surface area (Å²) in [6, 6.07) is 2.05. The van der Waals surface area contributed by atoms with Gasteiger partial charge < -0.3 is 4.84 Å². The van der Waals surface area contributed by atoms with E-state index in [2.05, 4.69) is 21.3 Å². The van der Waals surface area contributed by atoms with E-state index >= 15 is 0 Å². The van der Waals surface area contributed by atoms with Crippen LogP contribution < -0.4 is 0 Å². The lowest BCUT2D eigenvalue weighted by Crippen LogP contribution is -2.14. The molecule has 0 aliphatic heterocycles. The molecule has 1 heterocycles. The highest BCUT2D eigenvalue weighted by molar-refractivity contribution is 9.10. The summed E-state index contributed by atoms with van der Waals surface area (Å²) >= 11 is 5.18. The molecule has 1 aromatic rings. The Balaban J connectivity index is 2.56. The first-order valence-corrected chi connectivity index (χ1v) is 4.88. The van der Waals surface area contributed by atoms with E-state index in [0.29, 0.717) is 0 Å². The predicted octanol–water partition coefficient (Wildman–Crippen LogP) is 2.50. The third kappa shape index (κ3) is 2.56. The van der Waals surface area contributed by atoms with Crippen LogP contribution in [0.1, 0.15) is 4.88 Å². The van der Waals surface area contributed by atoms with Crippen LogP contribution in [0.15, 0.2) is 15.9 Å². The maximum atomic E-state index is 5.00. The fourth-order valence-electron chi connectivity index (χ4n) is 0.705. The van der Waals surface area contributed by atoms with Gasteiger partial charge >= 0.3 is 0 Å². The molecule has 1 rings (SSSR count). The van der Waals surface area contributed by atoms with Crippen LogP contribution in [0.2, 0.25) is 0 Å². The lowest BCUT2D eigenvalue weighted by molar-refractivity contribution is -0.116. The molecule has 0 amide bonds. The minimum absolute atomic E-state index is 0.828. The normalized spacial score (nSPS) is 10.9. The van der Waals surface area contributed by atoms with Gasteiger partial charge in [-0.1, -0.05) is 0 Å². The van der Waals surface area contributed by atoms with Gasteiger partial charge in [-0.15, -0.1) is 11.3 Å². The summed E-state index contributed by atoms with van der Waals surface area (Å²) in [7, 11) is 3.58.